The molecular formula is C11H7N3S2. The molecule has 78 valence electrons. The van der Waals surface area contributed by atoms with Crippen LogP contribution in [0.1, 0.15) is 0 Å². The van der Waals surface area contributed by atoms with E-state index in [1.165, 1.54) is 11.3 Å². The molecule has 1 N–H and O–H groups in total. The first kappa shape index (κ1) is 9.62. The number of H-pyrrole nitrogens is 1. The zero-order valence-corrected chi connectivity index (χ0v) is 9.81. The molecule has 0 saturated carbocycles. The van der Waals surface area contributed by atoms with Crippen molar-refractivity contribution in [3.63, 3.8) is 0 Å². The van der Waals surface area contributed by atoms with Gasteiger partial charge in [-0.1, -0.05) is 29.5 Å². The number of aromatic nitrogens is 3. The molecule has 2 heterocycles. The highest BCUT2D eigenvalue weighted by Crippen LogP contribution is 2.24. The lowest BCUT2D eigenvalue weighted by Gasteiger charge is -1.98. The van der Waals surface area contributed by atoms with Crippen molar-refractivity contribution in [3.8, 4) is 10.6 Å². The monoisotopic (exact) mass is 245 g/mol. The molecule has 16 heavy (non-hydrogen) atoms. The van der Waals surface area contributed by atoms with Crippen molar-refractivity contribution in [1.82, 2.24) is 15.2 Å². The highest BCUT2D eigenvalue weighted by Gasteiger charge is 2.03. The molecule has 1 aromatic carbocycles. The smallest absolute Gasteiger partial charge is 0.176 e. The van der Waals surface area contributed by atoms with Crippen molar-refractivity contribution in [2.45, 2.75) is 0 Å². The summed E-state index contributed by atoms with van der Waals surface area (Å²) in [5.74, 6) is 0. The van der Waals surface area contributed by atoms with Gasteiger partial charge < -0.3 is 0 Å². The van der Waals surface area contributed by atoms with Crippen molar-refractivity contribution < 1.29 is 0 Å². The number of nitrogens with zero attached hydrogens (tertiary/aromatic N) is 2. The van der Waals surface area contributed by atoms with E-state index in [0.717, 1.165) is 21.5 Å². The van der Waals surface area contributed by atoms with Crippen LogP contribution >= 0.6 is 23.6 Å². The van der Waals surface area contributed by atoms with Gasteiger partial charge in [-0.15, -0.1) is 0 Å². The maximum absolute atomic E-state index is 5.01. The quantitative estimate of drug-likeness (QED) is 0.668. The summed E-state index contributed by atoms with van der Waals surface area (Å²) in [6.07, 6.45) is 1.79. The van der Waals surface area contributed by atoms with Gasteiger partial charge in [0, 0.05) is 17.1 Å². The number of rotatable bonds is 1. The zero-order valence-electron chi connectivity index (χ0n) is 8.18. The van der Waals surface area contributed by atoms with Crippen molar-refractivity contribution >= 4 is 34.5 Å². The molecule has 5 heteroatoms. The summed E-state index contributed by atoms with van der Waals surface area (Å²) < 4.78 is 0.691. The molecule has 0 amide bonds. The molecule has 0 aliphatic rings. The summed E-state index contributed by atoms with van der Waals surface area (Å²) in [5.41, 5.74) is 2.02. The molecule has 0 unspecified atom stereocenters. The summed E-state index contributed by atoms with van der Waals surface area (Å²) in [5, 5.41) is 8.96. The Hall–Kier alpha value is -1.59. The van der Waals surface area contributed by atoms with Crippen LogP contribution in [0.3, 0.4) is 0 Å². The first-order chi connectivity index (χ1) is 7.83. The predicted molar refractivity (Wildman–Crippen MR) is 68.0 cm³/mol. The van der Waals surface area contributed by atoms with E-state index < -0.39 is 0 Å². The predicted octanol–water partition coefficient (Wildman–Crippen LogP) is 3.42. The normalized spacial score (nSPS) is 10.8. The number of benzene rings is 1. The summed E-state index contributed by atoms with van der Waals surface area (Å²) >= 11 is 6.48. The molecule has 0 spiro atoms. The van der Waals surface area contributed by atoms with Crippen LogP contribution in [-0.4, -0.2) is 15.2 Å². The lowest BCUT2D eigenvalue weighted by atomic mass is 10.1. The molecule has 0 atom stereocenters. The average molecular weight is 245 g/mol. The van der Waals surface area contributed by atoms with Gasteiger partial charge in [0.2, 0.25) is 0 Å². The molecule has 0 saturated heterocycles. The first-order valence-electron chi connectivity index (χ1n) is 4.73. The van der Waals surface area contributed by atoms with E-state index in [2.05, 4.69) is 15.2 Å². The first-order valence-corrected chi connectivity index (χ1v) is 5.96. The van der Waals surface area contributed by atoms with Gasteiger partial charge in [-0.25, -0.2) is 0 Å². The Morgan fingerprint density at radius 2 is 2.19 bits per heavy atom. The Labute approximate surface area is 101 Å². The van der Waals surface area contributed by atoms with Crippen LogP contribution in [0, 0.1) is 3.95 Å². The van der Waals surface area contributed by atoms with Crippen LogP contribution in [0.25, 0.3) is 21.5 Å². The maximum atomic E-state index is 5.01. The Morgan fingerprint density at radius 1 is 1.25 bits per heavy atom. The summed E-state index contributed by atoms with van der Waals surface area (Å²) in [4.78, 5) is 4.31. The third-order valence-corrected chi connectivity index (χ3v) is 3.43. The summed E-state index contributed by atoms with van der Waals surface area (Å²) in [6, 6.07) is 10.1. The minimum absolute atomic E-state index is 0.691. The van der Waals surface area contributed by atoms with Gasteiger partial charge in [-0.3, -0.25) is 10.1 Å². The number of hydrogen-bond acceptors (Lipinski definition) is 4. The molecule has 3 nitrogen and oxygen atoms in total. The van der Waals surface area contributed by atoms with Gasteiger partial charge in [-0.05, 0) is 24.4 Å². The minimum atomic E-state index is 0.691. The van der Waals surface area contributed by atoms with Gasteiger partial charge in [0.15, 0.2) is 3.95 Å². The van der Waals surface area contributed by atoms with Crippen molar-refractivity contribution in [2.24, 2.45) is 0 Å². The van der Waals surface area contributed by atoms with Crippen molar-refractivity contribution in [1.29, 1.82) is 0 Å². The highest BCUT2D eigenvalue weighted by molar-refractivity contribution is 7.73. The molecule has 0 aliphatic heterocycles. The van der Waals surface area contributed by atoms with Crippen LogP contribution in [0.15, 0.2) is 36.5 Å². The Morgan fingerprint density at radius 3 is 3.00 bits per heavy atom. The van der Waals surface area contributed by atoms with Gasteiger partial charge >= 0.3 is 0 Å². The number of aromatic amines is 1. The lowest BCUT2D eigenvalue weighted by molar-refractivity contribution is 1.08. The van der Waals surface area contributed by atoms with E-state index in [-0.39, 0.29) is 0 Å². The molecule has 0 aliphatic carbocycles. The van der Waals surface area contributed by atoms with Crippen LogP contribution in [-0.2, 0) is 0 Å². The molecular weight excluding hydrogens is 238 g/mol. The van der Waals surface area contributed by atoms with Crippen molar-refractivity contribution in [2.75, 3.05) is 0 Å². The fourth-order valence-corrected chi connectivity index (χ4v) is 2.44. The number of pyridine rings is 1. The summed E-state index contributed by atoms with van der Waals surface area (Å²) in [6.45, 7) is 0. The molecule has 0 radical (unpaired) electrons. The number of fused-ring (bicyclic) bond motifs is 1. The van der Waals surface area contributed by atoms with Gasteiger partial charge in [0.05, 0.1) is 5.52 Å². The van der Waals surface area contributed by atoms with E-state index in [0.29, 0.717) is 3.95 Å². The highest BCUT2D eigenvalue weighted by atomic mass is 32.1. The average Bonchev–Trinajstić information content (AvgIpc) is 2.75. The zero-order chi connectivity index (χ0) is 11.0. The van der Waals surface area contributed by atoms with Crippen LogP contribution in [0.2, 0.25) is 0 Å². The summed E-state index contributed by atoms with van der Waals surface area (Å²) in [7, 11) is 0. The molecule has 3 aromatic rings. The third kappa shape index (κ3) is 1.64. The third-order valence-electron chi connectivity index (χ3n) is 2.29. The molecule has 3 rings (SSSR count). The second-order valence-corrected chi connectivity index (χ2v) is 4.99. The van der Waals surface area contributed by atoms with Crippen molar-refractivity contribution in [3.05, 3.63) is 40.5 Å². The SMILES string of the molecule is S=c1[nH]nc(-c2ccc3cccnc3c2)s1. The minimum Gasteiger partial charge on any atom is -0.258 e. The van der Waals surface area contributed by atoms with Crippen LogP contribution < -0.4 is 0 Å². The Balaban J connectivity index is 2.22. The van der Waals surface area contributed by atoms with E-state index in [9.17, 15) is 0 Å². The van der Waals surface area contributed by atoms with Crippen LogP contribution in [0.4, 0.5) is 0 Å². The fourth-order valence-electron chi connectivity index (χ4n) is 1.55. The second-order valence-electron chi connectivity index (χ2n) is 3.33. The molecule has 2 aromatic heterocycles. The molecule has 0 bridgehead atoms. The fraction of sp³-hybridized carbons (Fsp3) is 0. The van der Waals surface area contributed by atoms with E-state index in [1.54, 1.807) is 6.20 Å². The van der Waals surface area contributed by atoms with Gasteiger partial charge in [0.1, 0.15) is 5.01 Å². The second kappa shape index (κ2) is 3.77. The number of nitrogens with one attached hydrogen (secondary N) is 1. The van der Waals surface area contributed by atoms with E-state index in [1.807, 2.05) is 30.3 Å². The number of hydrogen-bond donors (Lipinski definition) is 1. The van der Waals surface area contributed by atoms with Gasteiger partial charge in [0.25, 0.3) is 0 Å². The largest absolute Gasteiger partial charge is 0.258 e. The topological polar surface area (TPSA) is 41.6 Å². The maximum Gasteiger partial charge on any atom is 0.176 e. The Kier molecular flexibility index (Phi) is 2.27. The van der Waals surface area contributed by atoms with Crippen LogP contribution in [0.5, 0.6) is 0 Å². The standard InChI is InChI=1S/C11H7N3S2/c15-11-14-13-10(16-11)8-4-3-7-2-1-5-12-9(7)6-8/h1-6H,(H,14,15). The molecule has 0 fully saturated rings. The van der Waals surface area contributed by atoms with Gasteiger partial charge in [-0.2, -0.15) is 5.10 Å². The Bertz CT molecular complexity index is 699. The lowest BCUT2D eigenvalue weighted by Crippen LogP contribution is -1.80. The van der Waals surface area contributed by atoms with E-state index in [4.69, 9.17) is 12.2 Å². The van der Waals surface area contributed by atoms with E-state index >= 15 is 0 Å².